The molecule has 19 heavy (non-hydrogen) atoms. The predicted molar refractivity (Wildman–Crippen MR) is 79.1 cm³/mol. The van der Waals surface area contributed by atoms with Crippen molar-refractivity contribution < 1.29 is 9.47 Å². The first-order chi connectivity index (χ1) is 9.42. The molecule has 0 radical (unpaired) electrons. The van der Waals surface area contributed by atoms with E-state index in [9.17, 15) is 0 Å². The molecular formula is C15H24N2O2. The number of anilines is 2. The zero-order chi connectivity index (χ0) is 13.3. The number of benzene rings is 1. The van der Waals surface area contributed by atoms with Crippen LogP contribution in [0.2, 0.25) is 0 Å². The minimum atomic E-state index is 0.774. The first-order valence-corrected chi connectivity index (χ1v) is 7.06. The van der Waals surface area contributed by atoms with Gasteiger partial charge in [0.25, 0.3) is 0 Å². The highest BCUT2D eigenvalue weighted by atomic mass is 16.5. The lowest BCUT2D eigenvalue weighted by molar-refractivity contribution is 0.107. The Morgan fingerprint density at radius 3 is 3.00 bits per heavy atom. The van der Waals surface area contributed by atoms with E-state index in [-0.39, 0.29) is 0 Å². The Kier molecular flexibility index (Phi) is 5.98. The van der Waals surface area contributed by atoms with Crippen LogP contribution in [0.3, 0.4) is 0 Å². The van der Waals surface area contributed by atoms with Crippen LogP contribution in [0.1, 0.15) is 12.8 Å². The summed E-state index contributed by atoms with van der Waals surface area (Å²) in [5.41, 5.74) is 2.53. The second kappa shape index (κ2) is 8.02. The minimum Gasteiger partial charge on any atom is -0.385 e. The average Bonchev–Trinajstić information content (AvgIpc) is 2.65. The lowest BCUT2D eigenvalue weighted by atomic mass is 10.2. The average molecular weight is 264 g/mol. The summed E-state index contributed by atoms with van der Waals surface area (Å²) in [6, 6.07) is 8.50. The number of nitrogens with zero attached hydrogens (tertiary/aromatic N) is 1. The van der Waals surface area contributed by atoms with E-state index in [0.717, 1.165) is 45.9 Å². The van der Waals surface area contributed by atoms with Crippen molar-refractivity contribution in [3.8, 4) is 0 Å². The van der Waals surface area contributed by atoms with E-state index in [4.69, 9.17) is 9.47 Å². The van der Waals surface area contributed by atoms with Crippen LogP contribution in [0.4, 0.5) is 11.4 Å². The third-order valence-electron chi connectivity index (χ3n) is 3.31. The van der Waals surface area contributed by atoms with Gasteiger partial charge in [0.05, 0.1) is 18.0 Å². The zero-order valence-electron chi connectivity index (χ0n) is 11.7. The predicted octanol–water partition coefficient (Wildman–Crippen LogP) is 2.36. The van der Waals surface area contributed by atoms with Crippen molar-refractivity contribution >= 4 is 11.4 Å². The van der Waals surface area contributed by atoms with Crippen LogP contribution in [-0.4, -0.2) is 46.6 Å². The van der Waals surface area contributed by atoms with E-state index in [1.165, 1.54) is 17.8 Å². The number of fused-ring (bicyclic) bond motifs is 1. The summed E-state index contributed by atoms with van der Waals surface area (Å²) in [7, 11) is 1.72. The summed E-state index contributed by atoms with van der Waals surface area (Å²) < 4.78 is 10.7. The zero-order valence-corrected chi connectivity index (χ0v) is 11.7. The molecule has 0 aliphatic carbocycles. The fourth-order valence-electron chi connectivity index (χ4n) is 2.33. The third kappa shape index (κ3) is 4.40. The topological polar surface area (TPSA) is 33.7 Å². The van der Waals surface area contributed by atoms with E-state index in [1.54, 1.807) is 7.11 Å². The number of methoxy groups -OCH3 is 1. The van der Waals surface area contributed by atoms with Gasteiger partial charge < -0.3 is 19.7 Å². The number of nitrogens with one attached hydrogen (secondary N) is 1. The number of para-hydroxylation sites is 2. The van der Waals surface area contributed by atoms with Crippen LogP contribution in [0.15, 0.2) is 24.3 Å². The SMILES string of the molecule is COCCCOCCN1CCCNc2ccccc21. The summed E-state index contributed by atoms with van der Waals surface area (Å²) in [5.74, 6) is 0. The smallest absolute Gasteiger partial charge is 0.0641 e. The maximum atomic E-state index is 5.65. The van der Waals surface area contributed by atoms with Gasteiger partial charge in [0, 0.05) is 40.0 Å². The standard InChI is InChI=1S/C15H24N2O2/c1-18-11-5-12-19-13-10-17-9-4-8-16-14-6-2-3-7-15(14)17/h2-3,6-7,16H,4-5,8-13H2,1H3. The fraction of sp³-hybridized carbons (Fsp3) is 0.600. The molecule has 106 valence electrons. The van der Waals surface area contributed by atoms with Crippen LogP contribution >= 0.6 is 0 Å². The molecule has 0 amide bonds. The molecule has 0 aromatic heterocycles. The van der Waals surface area contributed by atoms with Gasteiger partial charge in [-0.1, -0.05) is 12.1 Å². The molecule has 0 bridgehead atoms. The highest BCUT2D eigenvalue weighted by Gasteiger charge is 2.13. The van der Waals surface area contributed by atoms with Gasteiger partial charge in [-0.15, -0.1) is 0 Å². The molecule has 1 N–H and O–H groups in total. The molecule has 2 rings (SSSR count). The molecule has 1 heterocycles. The summed E-state index contributed by atoms with van der Waals surface area (Å²) in [6.45, 7) is 5.41. The summed E-state index contributed by atoms with van der Waals surface area (Å²) in [4.78, 5) is 2.41. The van der Waals surface area contributed by atoms with Crippen molar-refractivity contribution in [2.75, 3.05) is 56.8 Å². The van der Waals surface area contributed by atoms with Crippen LogP contribution in [0.25, 0.3) is 0 Å². The van der Waals surface area contributed by atoms with Crippen molar-refractivity contribution in [3.05, 3.63) is 24.3 Å². The van der Waals surface area contributed by atoms with Gasteiger partial charge in [-0.25, -0.2) is 0 Å². The lowest BCUT2D eigenvalue weighted by Crippen LogP contribution is -2.28. The number of rotatable bonds is 7. The van der Waals surface area contributed by atoms with E-state index >= 15 is 0 Å². The summed E-state index contributed by atoms with van der Waals surface area (Å²) in [5, 5.41) is 3.47. The monoisotopic (exact) mass is 264 g/mol. The van der Waals surface area contributed by atoms with E-state index in [0.29, 0.717) is 0 Å². The molecule has 1 aromatic carbocycles. The molecule has 0 fully saturated rings. The molecule has 4 nitrogen and oxygen atoms in total. The van der Waals surface area contributed by atoms with Gasteiger partial charge in [-0.05, 0) is 25.0 Å². The molecule has 4 heteroatoms. The second-order valence-electron chi connectivity index (χ2n) is 4.74. The van der Waals surface area contributed by atoms with Crippen molar-refractivity contribution in [1.82, 2.24) is 0 Å². The molecule has 1 aliphatic heterocycles. The highest BCUT2D eigenvalue weighted by Crippen LogP contribution is 2.27. The Morgan fingerprint density at radius 1 is 1.21 bits per heavy atom. The maximum Gasteiger partial charge on any atom is 0.0641 e. The summed E-state index contributed by atoms with van der Waals surface area (Å²) in [6.07, 6.45) is 2.13. The second-order valence-corrected chi connectivity index (χ2v) is 4.74. The quantitative estimate of drug-likeness (QED) is 0.767. The first-order valence-electron chi connectivity index (χ1n) is 7.06. The number of hydrogen-bond donors (Lipinski definition) is 1. The van der Waals surface area contributed by atoms with Gasteiger partial charge >= 0.3 is 0 Å². The molecule has 0 atom stereocenters. The number of ether oxygens (including phenoxy) is 2. The fourth-order valence-corrected chi connectivity index (χ4v) is 2.33. The van der Waals surface area contributed by atoms with E-state index < -0.39 is 0 Å². The van der Waals surface area contributed by atoms with Crippen LogP contribution in [-0.2, 0) is 9.47 Å². The molecule has 1 aromatic rings. The lowest BCUT2D eigenvalue weighted by Gasteiger charge is -2.24. The first kappa shape index (κ1) is 14.2. The molecule has 1 aliphatic rings. The molecule has 0 saturated carbocycles. The highest BCUT2D eigenvalue weighted by molar-refractivity contribution is 5.70. The Morgan fingerprint density at radius 2 is 2.11 bits per heavy atom. The molecule has 0 spiro atoms. The Labute approximate surface area is 115 Å². The van der Waals surface area contributed by atoms with Gasteiger partial charge in [-0.2, -0.15) is 0 Å². The van der Waals surface area contributed by atoms with Crippen molar-refractivity contribution in [3.63, 3.8) is 0 Å². The van der Waals surface area contributed by atoms with Crippen molar-refractivity contribution in [2.24, 2.45) is 0 Å². The molecule has 0 unspecified atom stereocenters. The maximum absolute atomic E-state index is 5.65. The van der Waals surface area contributed by atoms with E-state index in [2.05, 4.69) is 34.5 Å². The van der Waals surface area contributed by atoms with Gasteiger partial charge in [0.1, 0.15) is 0 Å². The number of hydrogen-bond acceptors (Lipinski definition) is 4. The van der Waals surface area contributed by atoms with Crippen LogP contribution < -0.4 is 10.2 Å². The normalized spacial score (nSPS) is 14.7. The largest absolute Gasteiger partial charge is 0.385 e. The molecular weight excluding hydrogens is 240 g/mol. The Balaban J connectivity index is 1.79. The van der Waals surface area contributed by atoms with Gasteiger partial charge in [-0.3, -0.25) is 0 Å². The molecule has 0 saturated heterocycles. The van der Waals surface area contributed by atoms with Crippen LogP contribution in [0, 0.1) is 0 Å². The Bertz CT molecular complexity index is 371. The van der Waals surface area contributed by atoms with Crippen molar-refractivity contribution in [2.45, 2.75) is 12.8 Å². The van der Waals surface area contributed by atoms with Crippen LogP contribution in [0.5, 0.6) is 0 Å². The van der Waals surface area contributed by atoms with Gasteiger partial charge in [0.15, 0.2) is 0 Å². The minimum absolute atomic E-state index is 0.774. The summed E-state index contributed by atoms with van der Waals surface area (Å²) >= 11 is 0. The third-order valence-corrected chi connectivity index (χ3v) is 3.31. The Hall–Kier alpha value is -1.26. The van der Waals surface area contributed by atoms with Gasteiger partial charge in [0.2, 0.25) is 0 Å². The van der Waals surface area contributed by atoms with E-state index in [1.807, 2.05) is 0 Å². The van der Waals surface area contributed by atoms with Crippen molar-refractivity contribution in [1.29, 1.82) is 0 Å².